The summed E-state index contributed by atoms with van der Waals surface area (Å²) in [5.74, 6) is 3.45. The SMILES string of the molecule is c1ccc(C(NCC2CCSCC2)c2ccncc2)cc1. The van der Waals surface area contributed by atoms with Crippen molar-refractivity contribution in [1.82, 2.24) is 10.3 Å². The van der Waals surface area contributed by atoms with Crippen LogP contribution in [0.1, 0.15) is 30.0 Å². The van der Waals surface area contributed by atoms with Crippen LogP contribution in [0.25, 0.3) is 0 Å². The number of nitrogens with one attached hydrogen (secondary N) is 1. The van der Waals surface area contributed by atoms with Crippen LogP contribution in [-0.2, 0) is 0 Å². The van der Waals surface area contributed by atoms with Gasteiger partial charge in [0.15, 0.2) is 0 Å². The van der Waals surface area contributed by atoms with Crippen molar-refractivity contribution >= 4 is 11.8 Å². The first-order valence-corrected chi connectivity index (χ1v) is 8.85. The van der Waals surface area contributed by atoms with Gasteiger partial charge in [-0.25, -0.2) is 0 Å². The van der Waals surface area contributed by atoms with Crippen molar-refractivity contribution in [2.45, 2.75) is 18.9 Å². The van der Waals surface area contributed by atoms with E-state index in [1.54, 1.807) is 0 Å². The van der Waals surface area contributed by atoms with Crippen LogP contribution in [0.5, 0.6) is 0 Å². The van der Waals surface area contributed by atoms with Gasteiger partial charge in [-0.15, -0.1) is 0 Å². The fraction of sp³-hybridized carbons (Fsp3) is 0.389. The van der Waals surface area contributed by atoms with Crippen LogP contribution >= 0.6 is 11.8 Å². The second kappa shape index (κ2) is 7.62. The Hall–Kier alpha value is -1.32. The molecule has 1 fully saturated rings. The van der Waals surface area contributed by atoms with Crippen LogP contribution < -0.4 is 5.32 Å². The van der Waals surface area contributed by atoms with Crippen molar-refractivity contribution in [2.24, 2.45) is 5.92 Å². The first-order valence-electron chi connectivity index (χ1n) is 7.69. The number of nitrogens with zero attached hydrogens (tertiary/aromatic N) is 1. The van der Waals surface area contributed by atoms with E-state index in [0.717, 1.165) is 12.5 Å². The third-order valence-corrected chi connectivity index (χ3v) is 5.17. The Bertz CT molecular complexity index is 484. The maximum absolute atomic E-state index is 4.14. The van der Waals surface area contributed by atoms with Crippen molar-refractivity contribution in [3.8, 4) is 0 Å². The molecule has 1 aliphatic rings. The van der Waals surface area contributed by atoms with Gasteiger partial charge in [0.2, 0.25) is 0 Å². The molecule has 1 aliphatic heterocycles. The average Bonchev–Trinajstić information content (AvgIpc) is 2.58. The first-order chi connectivity index (χ1) is 10.4. The molecule has 0 aliphatic carbocycles. The Balaban J connectivity index is 1.73. The number of rotatable bonds is 5. The molecule has 1 aromatic heterocycles. The van der Waals surface area contributed by atoms with E-state index in [-0.39, 0.29) is 6.04 Å². The standard InChI is InChI=1S/C18H22N2S/c1-2-4-16(5-3-1)18(17-6-10-19-11-7-17)20-14-15-8-12-21-13-9-15/h1-7,10-11,15,18,20H,8-9,12-14H2. The monoisotopic (exact) mass is 298 g/mol. The molecule has 0 saturated carbocycles. The van der Waals surface area contributed by atoms with E-state index in [9.17, 15) is 0 Å². The summed E-state index contributed by atoms with van der Waals surface area (Å²) in [5, 5.41) is 3.78. The third kappa shape index (κ3) is 4.08. The van der Waals surface area contributed by atoms with Crippen LogP contribution in [0.15, 0.2) is 54.9 Å². The van der Waals surface area contributed by atoms with Gasteiger partial charge in [-0.1, -0.05) is 30.3 Å². The highest BCUT2D eigenvalue weighted by Crippen LogP contribution is 2.25. The summed E-state index contributed by atoms with van der Waals surface area (Å²) in [5.41, 5.74) is 2.62. The van der Waals surface area contributed by atoms with E-state index >= 15 is 0 Å². The minimum Gasteiger partial charge on any atom is -0.306 e. The molecule has 0 radical (unpaired) electrons. The van der Waals surface area contributed by atoms with Crippen molar-refractivity contribution in [3.05, 3.63) is 66.0 Å². The van der Waals surface area contributed by atoms with Crippen LogP contribution in [0.3, 0.4) is 0 Å². The summed E-state index contributed by atoms with van der Waals surface area (Å²) >= 11 is 2.09. The summed E-state index contributed by atoms with van der Waals surface area (Å²) in [7, 11) is 0. The zero-order valence-electron chi connectivity index (χ0n) is 12.2. The van der Waals surface area contributed by atoms with Crippen molar-refractivity contribution in [3.63, 3.8) is 0 Å². The number of benzene rings is 1. The zero-order chi connectivity index (χ0) is 14.3. The summed E-state index contributed by atoms with van der Waals surface area (Å²) in [6.07, 6.45) is 6.44. The van der Waals surface area contributed by atoms with E-state index in [2.05, 4.69) is 64.5 Å². The van der Waals surface area contributed by atoms with E-state index in [1.165, 1.54) is 35.5 Å². The fourth-order valence-corrected chi connectivity index (χ4v) is 4.07. The van der Waals surface area contributed by atoms with Crippen molar-refractivity contribution in [2.75, 3.05) is 18.1 Å². The van der Waals surface area contributed by atoms with E-state index in [4.69, 9.17) is 0 Å². The lowest BCUT2D eigenvalue weighted by molar-refractivity contribution is 0.429. The Morgan fingerprint density at radius 2 is 1.67 bits per heavy atom. The summed E-state index contributed by atoms with van der Waals surface area (Å²) < 4.78 is 0. The maximum atomic E-state index is 4.14. The topological polar surface area (TPSA) is 24.9 Å². The maximum Gasteiger partial charge on any atom is 0.0577 e. The summed E-state index contributed by atoms with van der Waals surface area (Å²) in [4.78, 5) is 4.14. The second-order valence-electron chi connectivity index (χ2n) is 5.59. The van der Waals surface area contributed by atoms with Crippen LogP contribution in [-0.4, -0.2) is 23.0 Å². The predicted molar refractivity (Wildman–Crippen MR) is 90.6 cm³/mol. The van der Waals surface area contributed by atoms with Gasteiger partial charge < -0.3 is 5.32 Å². The Morgan fingerprint density at radius 1 is 1.00 bits per heavy atom. The number of aromatic nitrogens is 1. The molecule has 1 aromatic carbocycles. The number of hydrogen-bond donors (Lipinski definition) is 1. The van der Waals surface area contributed by atoms with Gasteiger partial charge in [0.25, 0.3) is 0 Å². The number of thioether (sulfide) groups is 1. The van der Waals surface area contributed by atoms with Crippen LogP contribution in [0.2, 0.25) is 0 Å². The normalized spacial score (nSPS) is 17.5. The molecule has 1 unspecified atom stereocenters. The molecule has 3 heteroatoms. The van der Waals surface area contributed by atoms with Crippen LogP contribution in [0.4, 0.5) is 0 Å². The smallest absolute Gasteiger partial charge is 0.0577 e. The molecule has 0 amide bonds. The zero-order valence-corrected chi connectivity index (χ0v) is 13.1. The lowest BCUT2D eigenvalue weighted by Gasteiger charge is -2.26. The molecule has 2 heterocycles. The lowest BCUT2D eigenvalue weighted by atomic mass is 9.97. The number of pyridine rings is 1. The highest BCUT2D eigenvalue weighted by molar-refractivity contribution is 7.99. The molecule has 1 atom stereocenters. The molecule has 0 spiro atoms. The molecule has 1 saturated heterocycles. The second-order valence-corrected chi connectivity index (χ2v) is 6.81. The summed E-state index contributed by atoms with van der Waals surface area (Å²) in [6, 6.07) is 15.2. The van der Waals surface area contributed by atoms with Gasteiger partial charge in [0, 0.05) is 12.4 Å². The lowest BCUT2D eigenvalue weighted by Crippen LogP contribution is -2.30. The first kappa shape index (κ1) is 14.6. The van der Waals surface area contributed by atoms with Gasteiger partial charge in [0.05, 0.1) is 6.04 Å². The van der Waals surface area contributed by atoms with Crippen molar-refractivity contribution in [1.29, 1.82) is 0 Å². The summed E-state index contributed by atoms with van der Waals surface area (Å²) in [6.45, 7) is 1.10. The van der Waals surface area contributed by atoms with Gasteiger partial charge in [-0.2, -0.15) is 11.8 Å². The van der Waals surface area contributed by atoms with Gasteiger partial charge in [0.1, 0.15) is 0 Å². The molecule has 110 valence electrons. The average molecular weight is 298 g/mol. The predicted octanol–water partition coefficient (Wildman–Crippen LogP) is 3.90. The van der Waals surface area contributed by atoms with Crippen molar-refractivity contribution < 1.29 is 0 Å². The Kier molecular flexibility index (Phi) is 5.30. The minimum atomic E-state index is 0.267. The van der Waals surface area contributed by atoms with Crippen LogP contribution in [0, 0.1) is 5.92 Å². The molecule has 2 nitrogen and oxygen atoms in total. The van der Waals surface area contributed by atoms with E-state index in [1.807, 2.05) is 12.4 Å². The third-order valence-electron chi connectivity index (χ3n) is 4.12. The highest BCUT2D eigenvalue weighted by atomic mass is 32.2. The fourth-order valence-electron chi connectivity index (χ4n) is 2.86. The molecule has 0 bridgehead atoms. The Morgan fingerprint density at radius 3 is 2.38 bits per heavy atom. The molecule has 3 rings (SSSR count). The number of hydrogen-bond acceptors (Lipinski definition) is 3. The van der Waals surface area contributed by atoms with Gasteiger partial charge in [-0.3, -0.25) is 4.98 Å². The molecule has 1 N–H and O–H groups in total. The quantitative estimate of drug-likeness (QED) is 0.906. The van der Waals surface area contributed by atoms with Gasteiger partial charge >= 0.3 is 0 Å². The molecule has 21 heavy (non-hydrogen) atoms. The molecular formula is C18H22N2S. The molecular weight excluding hydrogens is 276 g/mol. The minimum absolute atomic E-state index is 0.267. The van der Waals surface area contributed by atoms with E-state index in [0.29, 0.717) is 0 Å². The van der Waals surface area contributed by atoms with Gasteiger partial charge in [-0.05, 0) is 60.1 Å². The highest BCUT2D eigenvalue weighted by Gasteiger charge is 2.18. The van der Waals surface area contributed by atoms with E-state index < -0.39 is 0 Å². The largest absolute Gasteiger partial charge is 0.306 e. The molecule has 2 aromatic rings. The Labute approximate surface area is 131 Å².